The predicted octanol–water partition coefficient (Wildman–Crippen LogP) is 1.69. The van der Waals surface area contributed by atoms with Crippen LogP contribution in [0.15, 0.2) is 29.4 Å². The van der Waals surface area contributed by atoms with Gasteiger partial charge in [0, 0.05) is 12.6 Å². The van der Waals surface area contributed by atoms with E-state index >= 15 is 0 Å². The average molecular weight is 193 g/mol. The van der Waals surface area contributed by atoms with Crippen LogP contribution in [-0.2, 0) is 0 Å². The van der Waals surface area contributed by atoms with Crippen molar-refractivity contribution < 1.29 is 4.39 Å². The van der Waals surface area contributed by atoms with E-state index in [2.05, 4.69) is 10.5 Å². The van der Waals surface area contributed by atoms with E-state index in [1.807, 2.05) is 13.0 Å². The van der Waals surface area contributed by atoms with Gasteiger partial charge >= 0.3 is 0 Å². The van der Waals surface area contributed by atoms with Crippen LogP contribution >= 0.6 is 0 Å². The number of nitrogens with one attached hydrogen (secondary N) is 1. The molecule has 1 atom stereocenters. The lowest BCUT2D eigenvalue weighted by molar-refractivity contribution is 0.261. The average Bonchev–Trinajstić information content (AvgIpc) is 2.46. The first kappa shape index (κ1) is 9.15. The zero-order valence-corrected chi connectivity index (χ0v) is 8.16. The molecule has 0 bridgehead atoms. The van der Waals surface area contributed by atoms with Crippen molar-refractivity contribution in [1.82, 2.24) is 10.5 Å². The Morgan fingerprint density at radius 2 is 2.14 bits per heavy atom. The fourth-order valence-corrected chi connectivity index (χ4v) is 1.61. The second-order valence-corrected chi connectivity index (χ2v) is 3.35. The summed E-state index contributed by atoms with van der Waals surface area (Å²) in [6.07, 6.45) is 0. The molecule has 0 saturated heterocycles. The van der Waals surface area contributed by atoms with Gasteiger partial charge in [-0.05, 0) is 13.0 Å². The molecule has 0 aliphatic carbocycles. The summed E-state index contributed by atoms with van der Waals surface area (Å²) in [7, 11) is 1.80. The Labute approximate surface area is 82.2 Å². The minimum Gasteiger partial charge on any atom is -0.232 e. The molecule has 0 spiro atoms. The van der Waals surface area contributed by atoms with Gasteiger partial charge < -0.3 is 0 Å². The molecule has 1 N–H and O–H groups in total. The second-order valence-electron chi connectivity index (χ2n) is 3.35. The predicted molar refractivity (Wildman–Crippen MR) is 53.1 cm³/mol. The summed E-state index contributed by atoms with van der Waals surface area (Å²) in [5.41, 5.74) is 4.56. The summed E-state index contributed by atoms with van der Waals surface area (Å²) in [6, 6.07) is 6.60. The first-order valence-electron chi connectivity index (χ1n) is 4.48. The van der Waals surface area contributed by atoms with Crippen LogP contribution in [0.2, 0.25) is 0 Å². The second kappa shape index (κ2) is 3.38. The lowest BCUT2D eigenvalue weighted by atomic mass is 10.0. The molecule has 4 heteroatoms. The van der Waals surface area contributed by atoms with Crippen LogP contribution in [0.5, 0.6) is 0 Å². The van der Waals surface area contributed by atoms with Crippen molar-refractivity contribution in [2.75, 3.05) is 7.05 Å². The summed E-state index contributed by atoms with van der Waals surface area (Å²) >= 11 is 0. The third-order valence-electron chi connectivity index (χ3n) is 2.26. The Bertz CT molecular complexity index is 375. The molecule has 1 aromatic carbocycles. The van der Waals surface area contributed by atoms with E-state index in [1.54, 1.807) is 24.3 Å². The maximum atomic E-state index is 13.4. The summed E-state index contributed by atoms with van der Waals surface area (Å²) in [5, 5.41) is 5.76. The number of hydrogen-bond acceptors (Lipinski definition) is 3. The largest absolute Gasteiger partial charge is 0.232 e. The first-order chi connectivity index (χ1) is 6.68. The van der Waals surface area contributed by atoms with Gasteiger partial charge in [-0.15, -0.1) is 0 Å². The minimum atomic E-state index is -0.199. The van der Waals surface area contributed by atoms with Crippen LogP contribution in [0.4, 0.5) is 4.39 Å². The fraction of sp³-hybridized carbons (Fsp3) is 0.300. The van der Waals surface area contributed by atoms with E-state index < -0.39 is 0 Å². The van der Waals surface area contributed by atoms with Gasteiger partial charge in [-0.1, -0.05) is 18.2 Å². The Morgan fingerprint density at radius 1 is 1.43 bits per heavy atom. The van der Waals surface area contributed by atoms with Crippen molar-refractivity contribution in [2.24, 2.45) is 5.10 Å². The summed E-state index contributed by atoms with van der Waals surface area (Å²) in [6.45, 7) is 1.88. The number of hydrazone groups is 1. The van der Waals surface area contributed by atoms with Gasteiger partial charge in [-0.3, -0.25) is 0 Å². The van der Waals surface area contributed by atoms with E-state index in [9.17, 15) is 4.39 Å². The van der Waals surface area contributed by atoms with Crippen LogP contribution in [0.1, 0.15) is 18.5 Å². The van der Waals surface area contributed by atoms with Gasteiger partial charge in [0.2, 0.25) is 0 Å². The van der Waals surface area contributed by atoms with Gasteiger partial charge in [0.1, 0.15) is 5.82 Å². The zero-order valence-electron chi connectivity index (χ0n) is 8.16. The summed E-state index contributed by atoms with van der Waals surface area (Å²) in [4.78, 5) is 0. The molecule has 1 aliphatic rings. The number of nitrogens with zero attached hydrogens (tertiary/aromatic N) is 2. The Hall–Kier alpha value is -1.42. The molecule has 74 valence electrons. The molecule has 1 aliphatic heterocycles. The van der Waals surface area contributed by atoms with Gasteiger partial charge in [0.15, 0.2) is 0 Å². The van der Waals surface area contributed by atoms with Crippen molar-refractivity contribution in [3.05, 3.63) is 35.6 Å². The minimum absolute atomic E-state index is 0.138. The van der Waals surface area contributed by atoms with Crippen molar-refractivity contribution in [2.45, 2.75) is 13.0 Å². The maximum absolute atomic E-state index is 13.4. The lowest BCUT2D eigenvalue weighted by Crippen LogP contribution is -2.29. The normalized spacial score (nSPS) is 21.2. The molecule has 3 nitrogen and oxygen atoms in total. The third-order valence-corrected chi connectivity index (χ3v) is 2.26. The Balaban J connectivity index is 2.34. The molecule has 1 heterocycles. The molecule has 2 rings (SSSR count). The Kier molecular flexibility index (Phi) is 2.21. The maximum Gasteiger partial charge on any atom is 0.128 e. The highest BCUT2D eigenvalue weighted by atomic mass is 19.1. The fourth-order valence-electron chi connectivity index (χ4n) is 1.61. The van der Waals surface area contributed by atoms with Gasteiger partial charge in [0.05, 0.1) is 11.8 Å². The molecule has 1 unspecified atom stereocenters. The highest BCUT2D eigenvalue weighted by Gasteiger charge is 2.24. The number of rotatable bonds is 1. The van der Waals surface area contributed by atoms with Crippen molar-refractivity contribution in [1.29, 1.82) is 0 Å². The van der Waals surface area contributed by atoms with Crippen LogP contribution in [0.3, 0.4) is 0 Å². The van der Waals surface area contributed by atoms with Crippen molar-refractivity contribution in [3.8, 4) is 0 Å². The van der Waals surface area contributed by atoms with Crippen LogP contribution in [-0.4, -0.2) is 17.9 Å². The third kappa shape index (κ3) is 1.48. The van der Waals surface area contributed by atoms with Gasteiger partial charge in [-0.25, -0.2) is 14.9 Å². The molecule has 0 saturated carbocycles. The molecular weight excluding hydrogens is 181 g/mol. The van der Waals surface area contributed by atoms with E-state index in [0.717, 1.165) is 5.71 Å². The number of benzene rings is 1. The first-order valence-corrected chi connectivity index (χ1v) is 4.48. The summed E-state index contributed by atoms with van der Waals surface area (Å²) < 4.78 is 13.4. The van der Waals surface area contributed by atoms with Gasteiger partial charge in [0.25, 0.3) is 0 Å². The SMILES string of the molecule is CC1=NN(C)NC1c1ccccc1F. The molecule has 1 aromatic rings. The highest BCUT2D eigenvalue weighted by molar-refractivity contribution is 5.89. The lowest BCUT2D eigenvalue weighted by Gasteiger charge is -2.14. The highest BCUT2D eigenvalue weighted by Crippen LogP contribution is 2.21. The molecule has 0 radical (unpaired) electrons. The number of halogens is 1. The zero-order chi connectivity index (χ0) is 10.1. The molecule has 14 heavy (non-hydrogen) atoms. The standard InChI is InChI=1S/C10H12FN3/c1-7-10(13-14(2)12-7)8-5-3-4-6-9(8)11/h3-6,10,13H,1-2H3. The monoisotopic (exact) mass is 193 g/mol. The van der Waals surface area contributed by atoms with Crippen molar-refractivity contribution >= 4 is 5.71 Å². The molecule has 0 fully saturated rings. The van der Waals surface area contributed by atoms with Crippen LogP contribution in [0, 0.1) is 5.82 Å². The number of hydrogen-bond donors (Lipinski definition) is 1. The van der Waals surface area contributed by atoms with E-state index in [-0.39, 0.29) is 11.9 Å². The Morgan fingerprint density at radius 3 is 2.71 bits per heavy atom. The smallest absolute Gasteiger partial charge is 0.128 e. The van der Waals surface area contributed by atoms with Crippen molar-refractivity contribution in [3.63, 3.8) is 0 Å². The summed E-state index contributed by atoms with van der Waals surface area (Å²) in [5.74, 6) is -0.199. The van der Waals surface area contributed by atoms with E-state index in [0.29, 0.717) is 5.56 Å². The topological polar surface area (TPSA) is 27.6 Å². The number of hydrazine groups is 1. The van der Waals surface area contributed by atoms with Crippen LogP contribution < -0.4 is 5.43 Å². The quantitative estimate of drug-likeness (QED) is 0.735. The van der Waals surface area contributed by atoms with Crippen LogP contribution in [0.25, 0.3) is 0 Å². The molecular formula is C10H12FN3. The van der Waals surface area contributed by atoms with E-state index in [1.165, 1.54) is 6.07 Å². The molecule has 0 amide bonds. The van der Waals surface area contributed by atoms with E-state index in [4.69, 9.17) is 0 Å². The molecule has 0 aromatic heterocycles. The van der Waals surface area contributed by atoms with Gasteiger partial charge in [-0.2, -0.15) is 5.10 Å².